The first-order chi connectivity index (χ1) is 9.81. The first kappa shape index (κ1) is 12.9. The van der Waals surface area contributed by atoms with Gasteiger partial charge in [-0.05, 0) is 31.4 Å². The van der Waals surface area contributed by atoms with Crippen LogP contribution in [0, 0.1) is 11.3 Å². The van der Waals surface area contributed by atoms with Gasteiger partial charge in [-0.2, -0.15) is 0 Å². The lowest BCUT2D eigenvalue weighted by Crippen LogP contribution is -2.67. The van der Waals surface area contributed by atoms with Gasteiger partial charge in [-0.25, -0.2) is 0 Å². The maximum atomic E-state index is 10.2. The van der Waals surface area contributed by atoms with Gasteiger partial charge in [-0.1, -0.05) is 12.8 Å². The van der Waals surface area contributed by atoms with Crippen LogP contribution < -0.4 is 5.32 Å². The molecule has 110 valence electrons. The standard InChI is InChI=1S/C16H23NO3/c18-12(13-4-3-8-19-13)10-17-14-11-5-9-20-15(11)16(14)6-1-2-7-16/h3-4,8,11-12,14-15,17-18H,1-2,5-7,9-10H2. The van der Waals surface area contributed by atoms with E-state index in [1.54, 1.807) is 6.26 Å². The molecule has 2 heterocycles. The number of hydrogen-bond donors (Lipinski definition) is 2. The molecule has 4 nitrogen and oxygen atoms in total. The quantitative estimate of drug-likeness (QED) is 0.886. The highest BCUT2D eigenvalue weighted by molar-refractivity contribution is 5.17. The molecule has 3 fully saturated rings. The molecule has 4 unspecified atom stereocenters. The summed E-state index contributed by atoms with van der Waals surface area (Å²) < 4.78 is 11.2. The molecule has 0 aromatic carbocycles. The van der Waals surface area contributed by atoms with Crippen LogP contribution in [0.15, 0.2) is 22.8 Å². The lowest BCUT2D eigenvalue weighted by atomic mass is 9.54. The fraction of sp³-hybridized carbons (Fsp3) is 0.750. The number of furan rings is 1. The third-order valence-electron chi connectivity index (χ3n) is 5.69. The van der Waals surface area contributed by atoms with Crippen molar-refractivity contribution in [2.24, 2.45) is 11.3 Å². The van der Waals surface area contributed by atoms with E-state index in [0.29, 0.717) is 35.8 Å². The Bertz CT molecular complexity index is 452. The fourth-order valence-electron chi connectivity index (χ4n) is 4.83. The first-order valence-corrected chi connectivity index (χ1v) is 7.88. The third kappa shape index (κ3) is 1.78. The van der Waals surface area contributed by atoms with Gasteiger partial charge in [0.05, 0.1) is 12.4 Å². The molecule has 1 aromatic rings. The SMILES string of the molecule is OC(CNC1C2CCOC2C12CCCC2)c1ccco1. The summed E-state index contributed by atoms with van der Waals surface area (Å²) in [4.78, 5) is 0. The molecular weight excluding hydrogens is 254 g/mol. The van der Waals surface area contributed by atoms with Crippen LogP contribution in [-0.2, 0) is 4.74 Å². The summed E-state index contributed by atoms with van der Waals surface area (Å²) >= 11 is 0. The Morgan fingerprint density at radius 3 is 3.00 bits per heavy atom. The minimum atomic E-state index is -0.551. The van der Waals surface area contributed by atoms with E-state index >= 15 is 0 Å². The molecule has 3 aliphatic rings. The number of ether oxygens (including phenoxy) is 1. The number of rotatable bonds is 4. The van der Waals surface area contributed by atoms with E-state index < -0.39 is 6.10 Å². The lowest BCUT2D eigenvalue weighted by Gasteiger charge is -2.57. The van der Waals surface area contributed by atoms with Gasteiger partial charge in [0.25, 0.3) is 0 Å². The maximum Gasteiger partial charge on any atom is 0.133 e. The number of nitrogens with one attached hydrogen (secondary N) is 1. The minimum absolute atomic E-state index is 0.351. The monoisotopic (exact) mass is 277 g/mol. The van der Waals surface area contributed by atoms with Crippen molar-refractivity contribution in [3.63, 3.8) is 0 Å². The van der Waals surface area contributed by atoms with Crippen molar-refractivity contribution in [3.05, 3.63) is 24.2 Å². The average Bonchev–Trinajstić information content (AvgIpc) is 3.19. The van der Waals surface area contributed by atoms with Gasteiger partial charge in [0.1, 0.15) is 11.9 Å². The van der Waals surface area contributed by atoms with Crippen molar-refractivity contribution in [2.45, 2.75) is 50.4 Å². The van der Waals surface area contributed by atoms with E-state index in [1.165, 1.54) is 32.1 Å². The molecule has 4 rings (SSSR count). The van der Waals surface area contributed by atoms with Gasteiger partial charge >= 0.3 is 0 Å². The molecule has 20 heavy (non-hydrogen) atoms. The van der Waals surface area contributed by atoms with Crippen LogP contribution in [0.1, 0.15) is 44.0 Å². The van der Waals surface area contributed by atoms with Crippen LogP contribution >= 0.6 is 0 Å². The molecule has 0 radical (unpaired) electrons. The van der Waals surface area contributed by atoms with Crippen LogP contribution in [-0.4, -0.2) is 30.4 Å². The van der Waals surface area contributed by atoms with Gasteiger partial charge < -0.3 is 19.6 Å². The predicted octanol–water partition coefficient (Wildman–Crippen LogP) is 2.25. The molecule has 0 bridgehead atoms. The van der Waals surface area contributed by atoms with Crippen molar-refractivity contribution in [1.29, 1.82) is 0 Å². The van der Waals surface area contributed by atoms with Crippen molar-refractivity contribution < 1.29 is 14.3 Å². The summed E-state index contributed by atoms with van der Waals surface area (Å²) in [7, 11) is 0. The van der Waals surface area contributed by atoms with E-state index in [0.717, 1.165) is 6.61 Å². The van der Waals surface area contributed by atoms with E-state index in [2.05, 4.69) is 5.32 Å². The summed E-state index contributed by atoms with van der Waals surface area (Å²) in [6.45, 7) is 1.49. The average molecular weight is 277 g/mol. The van der Waals surface area contributed by atoms with Crippen LogP contribution in [0.4, 0.5) is 0 Å². The number of aliphatic hydroxyl groups excluding tert-OH is 1. The van der Waals surface area contributed by atoms with Crippen LogP contribution in [0.25, 0.3) is 0 Å². The Kier molecular flexibility index (Phi) is 3.13. The highest BCUT2D eigenvalue weighted by Crippen LogP contribution is 2.60. The summed E-state index contributed by atoms with van der Waals surface area (Å²) in [6, 6.07) is 4.17. The van der Waals surface area contributed by atoms with Crippen LogP contribution in [0.3, 0.4) is 0 Å². The molecule has 2 aliphatic carbocycles. The Balaban J connectivity index is 1.42. The first-order valence-electron chi connectivity index (χ1n) is 7.88. The molecule has 2 saturated carbocycles. The van der Waals surface area contributed by atoms with Gasteiger partial charge in [0.2, 0.25) is 0 Å². The Morgan fingerprint density at radius 2 is 2.25 bits per heavy atom. The third-order valence-corrected chi connectivity index (χ3v) is 5.69. The zero-order valence-corrected chi connectivity index (χ0v) is 11.8. The molecule has 0 amide bonds. The summed E-state index contributed by atoms with van der Waals surface area (Å²) in [5.41, 5.74) is 0.351. The van der Waals surface area contributed by atoms with Gasteiger partial charge in [-0.3, -0.25) is 0 Å². The van der Waals surface area contributed by atoms with Crippen molar-refractivity contribution in [3.8, 4) is 0 Å². The van der Waals surface area contributed by atoms with Gasteiger partial charge in [-0.15, -0.1) is 0 Å². The molecular formula is C16H23NO3. The second-order valence-electron chi connectivity index (χ2n) is 6.60. The second-order valence-corrected chi connectivity index (χ2v) is 6.60. The minimum Gasteiger partial charge on any atom is -0.467 e. The summed E-state index contributed by atoms with van der Waals surface area (Å²) in [5, 5.41) is 13.8. The van der Waals surface area contributed by atoms with Gasteiger partial charge in [0.15, 0.2) is 0 Å². The smallest absolute Gasteiger partial charge is 0.133 e. The Labute approximate surface area is 119 Å². The Hall–Kier alpha value is -0.840. The van der Waals surface area contributed by atoms with Crippen LogP contribution in [0.5, 0.6) is 0 Å². The second kappa shape index (κ2) is 4.86. The molecule has 4 heteroatoms. The van der Waals surface area contributed by atoms with Gasteiger partial charge in [0, 0.05) is 30.5 Å². The number of aliphatic hydroxyl groups is 1. The van der Waals surface area contributed by atoms with Crippen molar-refractivity contribution in [1.82, 2.24) is 5.32 Å². The molecule has 1 aromatic heterocycles. The lowest BCUT2D eigenvalue weighted by molar-refractivity contribution is -0.132. The van der Waals surface area contributed by atoms with E-state index in [-0.39, 0.29) is 0 Å². The highest BCUT2D eigenvalue weighted by Gasteiger charge is 2.64. The normalized spacial score (nSPS) is 36.0. The molecule has 4 atom stereocenters. The summed E-state index contributed by atoms with van der Waals surface area (Å²) in [6.07, 6.45) is 7.91. The topological polar surface area (TPSA) is 54.6 Å². The number of fused-ring (bicyclic) bond motifs is 2. The molecule has 2 N–H and O–H groups in total. The molecule has 1 spiro atoms. The van der Waals surface area contributed by atoms with Crippen molar-refractivity contribution in [2.75, 3.05) is 13.2 Å². The number of hydrogen-bond acceptors (Lipinski definition) is 4. The highest BCUT2D eigenvalue weighted by atomic mass is 16.5. The fourth-order valence-corrected chi connectivity index (χ4v) is 4.83. The van der Waals surface area contributed by atoms with Crippen LogP contribution in [0.2, 0.25) is 0 Å². The van der Waals surface area contributed by atoms with Crippen molar-refractivity contribution >= 4 is 0 Å². The van der Waals surface area contributed by atoms with E-state index in [1.807, 2.05) is 12.1 Å². The van der Waals surface area contributed by atoms with E-state index in [9.17, 15) is 5.11 Å². The maximum absolute atomic E-state index is 10.2. The zero-order chi connectivity index (χ0) is 13.6. The van der Waals surface area contributed by atoms with E-state index in [4.69, 9.17) is 9.15 Å². The Morgan fingerprint density at radius 1 is 1.40 bits per heavy atom. The summed E-state index contributed by atoms with van der Waals surface area (Å²) in [5.74, 6) is 1.30. The molecule has 1 aliphatic heterocycles. The zero-order valence-electron chi connectivity index (χ0n) is 11.8. The molecule has 1 saturated heterocycles. The predicted molar refractivity (Wildman–Crippen MR) is 74.2 cm³/mol. The largest absolute Gasteiger partial charge is 0.467 e.